The van der Waals surface area contributed by atoms with E-state index in [0.29, 0.717) is 0 Å². The van der Waals surface area contributed by atoms with Crippen LogP contribution in [0.1, 0.15) is 19.8 Å². The molecule has 0 spiro atoms. The highest BCUT2D eigenvalue weighted by Crippen LogP contribution is 1.84. The van der Waals surface area contributed by atoms with Crippen LogP contribution in [0, 0.1) is 0 Å². The summed E-state index contributed by atoms with van der Waals surface area (Å²) in [5.41, 5.74) is 0. The van der Waals surface area contributed by atoms with Gasteiger partial charge in [0.2, 0.25) is 0 Å². The maximum atomic E-state index is 3.63. The van der Waals surface area contributed by atoms with Crippen molar-refractivity contribution in [1.82, 2.24) is 5.32 Å². The largest absolute Gasteiger partial charge is 0.317 e. The highest BCUT2D eigenvalue weighted by atomic mass is 14.8. The summed E-state index contributed by atoms with van der Waals surface area (Å²) in [4.78, 5) is 0. The van der Waals surface area contributed by atoms with Crippen LogP contribution in [-0.4, -0.2) is 13.1 Å². The van der Waals surface area contributed by atoms with Gasteiger partial charge in [-0.05, 0) is 25.9 Å². The van der Waals surface area contributed by atoms with Gasteiger partial charge in [-0.3, -0.25) is 0 Å². The molecule has 0 heterocycles. The van der Waals surface area contributed by atoms with Crippen molar-refractivity contribution in [3.05, 3.63) is 12.7 Å². The van der Waals surface area contributed by atoms with E-state index in [0.717, 1.165) is 19.5 Å². The quantitative estimate of drug-likeness (QED) is 0.421. The fraction of sp³-hybridized carbons (Fsp3) is 0.714. The number of hydrogen-bond acceptors (Lipinski definition) is 1. The Morgan fingerprint density at radius 2 is 2.38 bits per heavy atom. The van der Waals surface area contributed by atoms with E-state index in [-0.39, 0.29) is 0 Å². The predicted octanol–water partition coefficient (Wildman–Crippen LogP) is 1.56. The molecule has 0 saturated carbocycles. The molecular weight excluding hydrogens is 98.1 g/mol. The van der Waals surface area contributed by atoms with Gasteiger partial charge >= 0.3 is 0 Å². The second-order valence-corrected chi connectivity index (χ2v) is 1.78. The van der Waals surface area contributed by atoms with Gasteiger partial charge in [-0.2, -0.15) is 0 Å². The van der Waals surface area contributed by atoms with Gasteiger partial charge in [0.05, 0.1) is 0 Å². The first kappa shape index (κ1) is 7.70. The van der Waals surface area contributed by atoms with Crippen LogP contribution < -0.4 is 5.32 Å². The molecule has 0 rings (SSSR count). The third-order valence-corrected chi connectivity index (χ3v) is 1.01. The summed E-state index contributed by atoms with van der Waals surface area (Å²) in [7, 11) is 0. The van der Waals surface area contributed by atoms with Crippen molar-refractivity contribution in [3.63, 3.8) is 0 Å². The highest BCUT2D eigenvalue weighted by Gasteiger charge is 1.79. The van der Waals surface area contributed by atoms with E-state index in [9.17, 15) is 0 Å². The lowest BCUT2D eigenvalue weighted by atomic mass is 10.3. The van der Waals surface area contributed by atoms with E-state index in [1.165, 1.54) is 6.42 Å². The van der Waals surface area contributed by atoms with Crippen molar-refractivity contribution in [2.45, 2.75) is 19.8 Å². The molecule has 0 aliphatic rings. The molecule has 0 fully saturated rings. The number of rotatable bonds is 5. The number of allylic oxidation sites excluding steroid dienone is 1. The fourth-order valence-corrected chi connectivity index (χ4v) is 0.548. The van der Waals surface area contributed by atoms with Gasteiger partial charge in [0.25, 0.3) is 0 Å². The third kappa shape index (κ3) is 5.70. The Labute approximate surface area is 51.8 Å². The van der Waals surface area contributed by atoms with Gasteiger partial charge in [-0.1, -0.05) is 13.0 Å². The monoisotopic (exact) mass is 113 g/mol. The zero-order valence-corrected chi connectivity index (χ0v) is 5.61. The molecule has 48 valence electrons. The summed E-state index contributed by atoms with van der Waals surface area (Å²) in [6, 6.07) is 0. The Morgan fingerprint density at radius 1 is 1.62 bits per heavy atom. The van der Waals surface area contributed by atoms with E-state index in [1.54, 1.807) is 0 Å². The SMILES string of the molecule is C=CCCCNCC. The number of nitrogens with one attached hydrogen (secondary N) is 1. The van der Waals surface area contributed by atoms with Crippen molar-refractivity contribution in [1.29, 1.82) is 0 Å². The van der Waals surface area contributed by atoms with Gasteiger partial charge in [0.15, 0.2) is 0 Å². The van der Waals surface area contributed by atoms with Gasteiger partial charge < -0.3 is 5.32 Å². The Bertz CT molecular complexity index is 50.3. The van der Waals surface area contributed by atoms with Crippen LogP contribution in [0.15, 0.2) is 12.7 Å². The molecule has 0 aliphatic heterocycles. The molecule has 0 amide bonds. The standard InChI is InChI=1S/C7H15N/c1-3-5-6-7-8-4-2/h3,8H,1,4-7H2,2H3. The minimum absolute atomic E-state index is 1.08. The summed E-state index contributed by atoms with van der Waals surface area (Å²) < 4.78 is 0. The van der Waals surface area contributed by atoms with Crippen molar-refractivity contribution in [2.24, 2.45) is 0 Å². The summed E-state index contributed by atoms with van der Waals surface area (Å²) in [6.07, 6.45) is 4.31. The van der Waals surface area contributed by atoms with Crippen LogP contribution >= 0.6 is 0 Å². The summed E-state index contributed by atoms with van der Waals surface area (Å²) >= 11 is 0. The van der Waals surface area contributed by atoms with Crippen LogP contribution in [0.3, 0.4) is 0 Å². The third-order valence-electron chi connectivity index (χ3n) is 1.01. The van der Waals surface area contributed by atoms with E-state index in [4.69, 9.17) is 0 Å². The Balaban J connectivity index is 2.62. The first-order valence-corrected chi connectivity index (χ1v) is 3.23. The van der Waals surface area contributed by atoms with E-state index in [1.807, 2.05) is 6.08 Å². The van der Waals surface area contributed by atoms with Gasteiger partial charge in [-0.25, -0.2) is 0 Å². The summed E-state index contributed by atoms with van der Waals surface area (Å²) in [5.74, 6) is 0. The second-order valence-electron chi connectivity index (χ2n) is 1.78. The van der Waals surface area contributed by atoms with Crippen LogP contribution in [0.25, 0.3) is 0 Å². The smallest absolute Gasteiger partial charge is 0.00461 e. The van der Waals surface area contributed by atoms with Crippen LogP contribution in [0.5, 0.6) is 0 Å². The molecule has 0 aromatic carbocycles. The lowest BCUT2D eigenvalue weighted by Gasteiger charge is -1.95. The molecule has 0 bridgehead atoms. The summed E-state index contributed by atoms with van der Waals surface area (Å²) in [6.45, 7) is 7.96. The summed E-state index contributed by atoms with van der Waals surface area (Å²) in [5, 5.41) is 3.24. The maximum Gasteiger partial charge on any atom is -0.00461 e. The topological polar surface area (TPSA) is 12.0 Å². The zero-order chi connectivity index (χ0) is 6.24. The van der Waals surface area contributed by atoms with E-state index in [2.05, 4.69) is 18.8 Å². The second kappa shape index (κ2) is 6.70. The van der Waals surface area contributed by atoms with Crippen molar-refractivity contribution in [3.8, 4) is 0 Å². The first-order chi connectivity index (χ1) is 3.91. The van der Waals surface area contributed by atoms with Gasteiger partial charge in [0.1, 0.15) is 0 Å². The predicted molar refractivity (Wildman–Crippen MR) is 38.0 cm³/mol. The average Bonchev–Trinajstić information content (AvgIpc) is 1.81. The minimum Gasteiger partial charge on any atom is -0.317 e. The highest BCUT2D eigenvalue weighted by molar-refractivity contribution is 4.65. The van der Waals surface area contributed by atoms with Crippen LogP contribution in [0.2, 0.25) is 0 Å². The molecule has 0 aromatic heterocycles. The molecule has 0 radical (unpaired) electrons. The average molecular weight is 113 g/mol. The van der Waals surface area contributed by atoms with Crippen molar-refractivity contribution >= 4 is 0 Å². The van der Waals surface area contributed by atoms with Crippen LogP contribution in [0.4, 0.5) is 0 Å². The lowest BCUT2D eigenvalue weighted by molar-refractivity contribution is 0.680. The molecule has 0 aliphatic carbocycles. The molecule has 0 atom stereocenters. The molecule has 1 heteroatoms. The Kier molecular flexibility index (Phi) is 6.45. The van der Waals surface area contributed by atoms with Crippen LogP contribution in [-0.2, 0) is 0 Å². The normalized spacial score (nSPS) is 9.12. The molecular formula is C7H15N. The van der Waals surface area contributed by atoms with Gasteiger partial charge in [0, 0.05) is 0 Å². The zero-order valence-electron chi connectivity index (χ0n) is 5.61. The van der Waals surface area contributed by atoms with Gasteiger partial charge in [-0.15, -0.1) is 6.58 Å². The number of hydrogen-bond donors (Lipinski definition) is 1. The van der Waals surface area contributed by atoms with E-state index >= 15 is 0 Å². The fourth-order valence-electron chi connectivity index (χ4n) is 0.548. The number of unbranched alkanes of at least 4 members (excludes halogenated alkanes) is 1. The van der Waals surface area contributed by atoms with E-state index < -0.39 is 0 Å². The maximum absolute atomic E-state index is 3.63. The molecule has 8 heavy (non-hydrogen) atoms. The first-order valence-electron chi connectivity index (χ1n) is 3.23. The lowest BCUT2D eigenvalue weighted by Crippen LogP contribution is -2.13. The van der Waals surface area contributed by atoms with Crippen molar-refractivity contribution < 1.29 is 0 Å². The molecule has 0 aromatic rings. The molecule has 1 N–H and O–H groups in total. The van der Waals surface area contributed by atoms with Crippen molar-refractivity contribution in [2.75, 3.05) is 13.1 Å². The Morgan fingerprint density at radius 3 is 2.88 bits per heavy atom. The molecule has 0 unspecified atom stereocenters. The molecule has 1 nitrogen and oxygen atoms in total. The Hall–Kier alpha value is -0.300. The minimum atomic E-state index is 1.08. The molecule has 0 saturated heterocycles.